The number of hydrogen-bond donors (Lipinski definition) is 2. The first-order valence-corrected chi connectivity index (χ1v) is 5.60. The molecule has 0 aliphatic carbocycles. The number of hydrogen-bond acceptors (Lipinski definition) is 3. The predicted octanol–water partition coefficient (Wildman–Crippen LogP) is 1.84. The summed E-state index contributed by atoms with van der Waals surface area (Å²) in [6.07, 6.45) is 2.19. The summed E-state index contributed by atoms with van der Waals surface area (Å²) in [5, 5.41) is 4.83. The maximum atomic E-state index is 11.2. The Kier molecular flexibility index (Phi) is 3.23. The highest BCUT2D eigenvalue weighted by Crippen LogP contribution is 2.19. The van der Waals surface area contributed by atoms with Crippen LogP contribution in [-0.2, 0) is 11.3 Å². The lowest BCUT2D eigenvalue weighted by Crippen LogP contribution is -2.21. The van der Waals surface area contributed by atoms with Gasteiger partial charge in [-0.2, -0.15) is 0 Å². The molecule has 88 valence electrons. The molecule has 0 fully saturated rings. The zero-order valence-corrected chi connectivity index (χ0v) is 9.73. The Hall–Kier alpha value is -2.10. The summed E-state index contributed by atoms with van der Waals surface area (Å²) >= 11 is 0. The fourth-order valence-electron chi connectivity index (χ4n) is 1.69. The van der Waals surface area contributed by atoms with Crippen molar-refractivity contribution in [1.82, 2.24) is 10.3 Å². The van der Waals surface area contributed by atoms with E-state index in [9.17, 15) is 4.79 Å². The van der Waals surface area contributed by atoms with Crippen LogP contribution in [-0.4, -0.2) is 10.9 Å². The number of aromatic nitrogens is 1. The lowest BCUT2D eigenvalue weighted by Gasteiger charge is -2.06. The first kappa shape index (κ1) is 11.4. The molecule has 2 rings (SSSR count). The minimum atomic E-state index is 0.0549. The zero-order valence-electron chi connectivity index (χ0n) is 9.73. The highest BCUT2D eigenvalue weighted by molar-refractivity contribution is 5.91. The molecule has 1 aromatic carbocycles. The molecule has 3 N–H and O–H groups in total. The molecule has 0 spiro atoms. The van der Waals surface area contributed by atoms with Gasteiger partial charge in [-0.1, -0.05) is 19.1 Å². The molecule has 0 saturated carbocycles. The summed E-state index contributed by atoms with van der Waals surface area (Å²) in [5.41, 5.74) is 6.83. The standard InChI is InChI=1S/C13H15N3O/c1-2-12(17)16-8-9-3-4-11-10(7-9)5-6-15-13(11)14/h3-7H,2,8H2,1H3,(H2,14,15)(H,16,17). The van der Waals surface area contributed by atoms with E-state index >= 15 is 0 Å². The number of amides is 1. The molecular weight excluding hydrogens is 214 g/mol. The van der Waals surface area contributed by atoms with E-state index in [1.54, 1.807) is 6.20 Å². The summed E-state index contributed by atoms with van der Waals surface area (Å²) in [6.45, 7) is 2.38. The number of pyridine rings is 1. The number of nitrogen functional groups attached to an aromatic ring is 1. The molecule has 0 atom stereocenters. The first-order valence-electron chi connectivity index (χ1n) is 5.60. The third-order valence-corrected chi connectivity index (χ3v) is 2.67. The second-order valence-corrected chi connectivity index (χ2v) is 3.88. The van der Waals surface area contributed by atoms with E-state index < -0.39 is 0 Å². The van der Waals surface area contributed by atoms with Gasteiger partial charge in [0.05, 0.1) is 0 Å². The molecule has 2 aromatic rings. The van der Waals surface area contributed by atoms with Gasteiger partial charge in [0, 0.05) is 24.5 Å². The minimum Gasteiger partial charge on any atom is -0.383 e. The van der Waals surface area contributed by atoms with Crippen molar-refractivity contribution >= 4 is 22.5 Å². The average Bonchev–Trinajstić information content (AvgIpc) is 2.36. The molecule has 0 unspecified atom stereocenters. The number of carbonyl (C=O) groups excluding carboxylic acids is 1. The van der Waals surface area contributed by atoms with E-state index in [-0.39, 0.29) is 5.91 Å². The van der Waals surface area contributed by atoms with Crippen LogP contribution in [0.1, 0.15) is 18.9 Å². The number of benzene rings is 1. The number of nitrogens with one attached hydrogen (secondary N) is 1. The normalized spacial score (nSPS) is 10.4. The second kappa shape index (κ2) is 4.82. The zero-order chi connectivity index (χ0) is 12.3. The molecule has 1 heterocycles. The lowest BCUT2D eigenvalue weighted by atomic mass is 10.1. The van der Waals surface area contributed by atoms with Crippen LogP contribution >= 0.6 is 0 Å². The van der Waals surface area contributed by atoms with Gasteiger partial charge in [-0.05, 0) is 23.1 Å². The fourth-order valence-corrected chi connectivity index (χ4v) is 1.69. The van der Waals surface area contributed by atoms with Gasteiger partial charge in [-0.15, -0.1) is 0 Å². The van der Waals surface area contributed by atoms with Crippen molar-refractivity contribution < 1.29 is 4.79 Å². The van der Waals surface area contributed by atoms with E-state index in [4.69, 9.17) is 5.73 Å². The van der Waals surface area contributed by atoms with Crippen molar-refractivity contribution in [1.29, 1.82) is 0 Å². The number of fused-ring (bicyclic) bond motifs is 1. The summed E-state index contributed by atoms with van der Waals surface area (Å²) in [4.78, 5) is 15.2. The topological polar surface area (TPSA) is 68.0 Å². The van der Waals surface area contributed by atoms with Crippen molar-refractivity contribution in [3.05, 3.63) is 36.0 Å². The van der Waals surface area contributed by atoms with E-state index in [0.29, 0.717) is 18.8 Å². The highest BCUT2D eigenvalue weighted by atomic mass is 16.1. The second-order valence-electron chi connectivity index (χ2n) is 3.88. The van der Waals surface area contributed by atoms with Crippen LogP contribution in [0.4, 0.5) is 5.82 Å². The smallest absolute Gasteiger partial charge is 0.219 e. The summed E-state index contributed by atoms with van der Waals surface area (Å²) in [5.74, 6) is 0.589. The van der Waals surface area contributed by atoms with Crippen LogP contribution < -0.4 is 11.1 Å². The van der Waals surface area contributed by atoms with Crippen molar-refractivity contribution in [3.8, 4) is 0 Å². The Balaban J connectivity index is 2.23. The summed E-state index contributed by atoms with van der Waals surface area (Å²) < 4.78 is 0. The quantitative estimate of drug-likeness (QED) is 0.843. The van der Waals surface area contributed by atoms with Gasteiger partial charge in [0.25, 0.3) is 0 Å². The number of nitrogens with two attached hydrogens (primary N) is 1. The number of rotatable bonds is 3. The highest BCUT2D eigenvalue weighted by Gasteiger charge is 2.01. The molecular formula is C13H15N3O. The van der Waals surface area contributed by atoms with Crippen LogP contribution in [0.15, 0.2) is 30.5 Å². The van der Waals surface area contributed by atoms with Crippen molar-refractivity contribution in [3.63, 3.8) is 0 Å². The third kappa shape index (κ3) is 2.53. The molecule has 4 heteroatoms. The molecule has 0 radical (unpaired) electrons. The Morgan fingerprint density at radius 1 is 1.41 bits per heavy atom. The number of nitrogens with zero attached hydrogens (tertiary/aromatic N) is 1. The summed E-state index contributed by atoms with van der Waals surface area (Å²) in [6, 6.07) is 7.82. The van der Waals surface area contributed by atoms with Crippen molar-refractivity contribution in [2.75, 3.05) is 5.73 Å². The van der Waals surface area contributed by atoms with Gasteiger partial charge in [0.15, 0.2) is 0 Å². The van der Waals surface area contributed by atoms with E-state index in [1.165, 1.54) is 0 Å². The van der Waals surface area contributed by atoms with E-state index in [0.717, 1.165) is 16.3 Å². The van der Waals surface area contributed by atoms with Gasteiger partial charge >= 0.3 is 0 Å². The Morgan fingerprint density at radius 3 is 3.00 bits per heavy atom. The maximum absolute atomic E-state index is 11.2. The molecule has 0 aliphatic rings. The molecule has 1 amide bonds. The van der Waals surface area contributed by atoms with Gasteiger partial charge < -0.3 is 11.1 Å². The Morgan fingerprint density at radius 2 is 2.24 bits per heavy atom. The fraction of sp³-hybridized carbons (Fsp3) is 0.231. The largest absolute Gasteiger partial charge is 0.383 e. The van der Waals surface area contributed by atoms with Crippen LogP contribution in [0.25, 0.3) is 10.8 Å². The maximum Gasteiger partial charge on any atom is 0.219 e. The monoisotopic (exact) mass is 229 g/mol. The van der Waals surface area contributed by atoms with E-state index in [1.807, 2.05) is 31.2 Å². The molecule has 0 bridgehead atoms. The van der Waals surface area contributed by atoms with Crippen LogP contribution in [0.2, 0.25) is 0 Å². The number of anilines is 1. The van der Waals surface area contributed by atoms with Gasteiger partial charge in [-0.3, -0.25) is 4.79 Å². The first-order chi connectivity index (χ1) is 8.20. The number of carbonyl (C=O) groups is 1. The molecule has 17 heavy (non-hydrogen) atoms. The van der Waals surface area contributed by atoms with Crippen molar-refractivity contribution in [2.45, 2.75) is 19.9 Å². The van der Waals surface area contributed by atoms with Crippen LogP contribution in [0.3, 0.4) is 0 Å². The van der Waals surface area contributed by atoms with Gasteiger partial charge in [-0.25, -0.2) is 4.98 Å². The van der Waals surface area contributed by atoms with Crippen molar-refractivity contribution in [2.24, 2.45) is 0 Å². The predicted molar refractivity (Wildman–Crippen MR) is 68.3 cm³/mol. The van der Waals surface area contributed by atoms with Gasteiger partial charge in [0.2, 0.25) is 5.91 Å². The molecule has 4 nitrogen and oxygen atoms in total. The third-order valence-electron chi connectivity index (χ3n) is 2.67. The minimum absolute atomic E-state index is 0.0549. The van der Waals surface area contributed by atoms with Crippen LogP contribution in [0, 0.1) is 0 Å². The summed E-state index contributed by atoms with van der Waals surface area (Å²) in [7, 11) is 0. The molecule has 0 aliphatic heterocycles. The molecule has 1 aromatic heterocycles. The van der Waals surface area contributed by atoms with Crippen LogP contribution in [0.5, 0.6) is 0 Å². The molecule has 0 saturated heterocycles. The lowest BCUT2D eigenvalue weighted by molar-refractivity contribution is -0.120. The van der Waals surface area contributed by atoms with E-state index in [2.05, 4.69) is 10.3 Å². The SMILES string of the molecule is CCC(=O)NCc1ccc2c(N)nccc2c1. The Bertz CT molecular complexity index is 551. The average molecular weight is 229 g/mol. The van der Waals surface area contributed by atoms with Gasteiger partial charge in [0.1, 0.15) is 5.82 Å². The Labute approximate surface area is 99.8 Å².